The molecule has 1 rings (SSSR count). The minimum Gasteiger partial charge on any atom is -0.466 e. The first-order chi connectivity index (χ1) is 8.65. The van der Waals surface area contributed by atoms with Crippen LogP contribution in [0.4, 0.5) is 5.69 Å². The van der Waals surface area contributed by atoms with Crippen LogP contribution in [-0.4, -0.2) is 36.0 Å². The zero-order chi connectivity index (χ0) is 13.4. The van der Waals surface area contributed by atoms with Gasteiger partial charge in [0.2, 0.25) is 0 Å². The van der Waals surface area contributed by atoms with Gasteiger partial charge in [-0.25, -0.2) is 0 Å². The Bertz CT molecular complexity index is 359. The molecule has 1 aromatic carbocycles. The van der Waals surface area contributed by atoms with Crippen LogP contribution >= 0.6 is 11.8 Å². The molecule has 0 aliphatic carbocycles. The highest BCUT2D eigenvalue weighted by molar-refractivity contribution is 7.99. The first kappa shape index (κ1) is 14.9. The lowest BCUT2D eigenvalue weighted by atomic mass is 10.3. The van der Waals surface area contributed by atoms with Gasteiger partial charge in [-0.05, 0) is 19.1 Å². The molecule has 1 aromatic rings. The summed E-state index contributed by atoms with van der Waals surface area (Å²) in [6, 6.07) is 9.62. The number of rotatable bonds is 7. The van der Waals surface area contributed by atoms with E-state index in [0.717, 1.165) is 5.69 Å². The average Bonchev–Trinajstić information content (AvgIpc) is 2.39. The largest absolute Gasteiger partial charge is 0.466 e. The van der Waals surface area contributed by atoms with Crippen LogP contribution in [0.15, 0.2) is 30.3 Å². The quantitative estimate of drug-likeness (QED) is 0.606. The Morgan fingerprint density at radius 3 is 2.72 bits per heavy atom. The van der Waals surface area contributed by atoms with E-state index in [1.54, 1.807) is 11.8 Å². The summed E-state index contributed by atoms with van der Waals surface area (Å²) in [7, 11) is 1.82. The molecule has 0 aromatic heterocycles. The molecule has 0 saturated heterocycles. The van der Waals surface area contributed by atoms with Crippen molar-refractivity contribution in [3.8, 4) is 0 Å². The van der Waals surface area contributed by atoms with E-state index in [2.05, 4.69) is 0 Å². The maximum atomic E-state index is 11.1. The molecule has 4 nitrogen and oxygen atoms in total. The number of hydrogen-bond donors (Lipinski definition) is 1. The Morgan fingerprint density at radius 2 is 2.11 bits per heavy atom. The number of nitrogens with zero attached hydrogens (tertiary/aromatic N) is 1. The van der Waals surface area contributed by atoms with Crippen LogP contribution in [-0.2, 0) is 9.53 Å². The van der Waals surface area contributed by atoms with Gasteiger partial charge in [-0.3, -0.25) is 4.79 Å². The zero-order valence-electron chi connectivity index (χ0n) is 10.7. The number of carbonyl (C=O) groups excluding carboxylic acids is 1. The van der Waals surface area contributed by atoms with Crippen molar-refractivity contribution in [1.82, 2.24) is 0 Å². The van der Waals surface area contributed by atoms with E-state index in [4.69, 9.17) is 4.74 Å². The zero-order valence-corrected chi connectivity index (χ0v) is 11.5. The predicted molar refractivity (Wildman–Crippen MR) is 74.6 cm³/mol. The molecule has 0 amide bonds. The summed E-state index contributed by atoms with van der Waals surface area (Å²) in [5, 5.41) is 9.95. The van der Waals surface area contributed by atoms with Crippen molar-refractivity contribution >= 4 is 23.4 Å². The lowest BCUT2D eigenvalue weighted by molar-refractivity contribution is -0.142. The smallest absolute Gasteiger partial charge is 0.306 e. The van der Waals surface area contributed by atoms with Gasteiger partial charge in [0, 0.05) is 18.5 Å². The molecule has 1 unspecified atom stereocenters. The molecule has 1 N–H and O–H groups in total. The molecule has 0 fully saturated rings. The summed E-state index contributed by atoms with van der Waals surface area (Å²) in [5.74, 6) is 0.316. The molecule has 5 heteroatoms. The lowest BCUT2D eigenvalue weighted by Crippen LogP contribution is -2.28. The number of anilines is 1. The maximum Gasteiger partial charge on any atom is 0.306 e. The van der Waals surface area contributed by atoms with Gasteiger partial charge in [0.1, 0.15) is 0 Å². The van der Waals surface area contributed by atoms with Crippen molar-refractivity contribution in [2.45, 2.75) is 18.9 Å². The molecule has 100 valence electrons. The van der Waals surface area contributed by atoms with Gasteiger partial charge in [0.25, 0.3) is 0 Å². The van der Waals surface area contributed by atoms with Gasteiger partial charge < -0.3 is 14.7 Å². The molecular formula is C13H19NO3S. The Morgan fingerprint density at radius 1 is 1.44 bits per heavy atom. The fraction of sp³-hybridized carbons (Fsp3) is 0.462. The van der Waals surface area contributed by atoms with Crippen molar-refractivity contribution in [2.75, 3.05) is 24.3 Å². The number of esters is 1. The van der Waals surface area contributed by atoms with Crippen LogP contribution in [0.1, 0.15) is 13.3 Å². The molecule has 0 aliphatic heterocycles. The van der Waals surface area contributed by atoms with Gasteiger partial charge in [-0.15, -0.1) is 11.8 Å². The molecule has 0 bridgehead atoms. The van der Waals surface area contributed by atoms with Gasteiger partial charge in [0.15, 0.2) is 5.56 Å². The van der Waals surface area contributed by atoms with Crippen molar-refractivity contribution in [2.24, 2.45) is 0 Å². The van der Waals surface area contributed by atoms with Gasteiger partial charge >= 0.3 is 5.97 Å². The first-order valence-corrected chi connectivity index (χ1v) is 6.93. The monoisotopic (exact) mass is 269 g/mol. The number of benzene rings is 1. The van der Waals surface area contributed by atoms with Crippen LogP contribution in [0.2, 0.25) is 0 Å². The van der Waals surface area contributed by atoms with Crippen LogP contribution in [0.5, 0.6) is 0 Å². The maximum absolute atomic E-state index is 11.1. The number of thioether (sulfide) groups is 1. The minimum atomic E-state index is -0.665. The number of carbonyl (C=O) groups is 1. The normalized spacial score (nSPS) is 11.9. The van der Waals surface area contributed by atoms with Crippen LogP contribution in [0, 0.1) is 0 Å². The van der Waals surface area contributed by atoms with Crippen molar-refractivity contribution in [3.05, 3.63) is 30.3 Å². The number of para-hydroxylation sites is 1. The average molecular weight is 269 g/mol. The molecule has 1 atom stereocenters. The number of ether oxygens (including phenoxy) is 1. The number of aliphatic hydroxyl groups is 1. The molecule has 0 radical (unpaired) electrons. The van der Waals surface area contributed by atoms with E-state index in [1.807, 2.05) is 37.4 Å². The topological polar surface area (TPSA) is 49.8 Å². The van der Waals surface area contributed by atoms with E-state index >= 15 is 0 Å². The second-order valence-electron chi connectivity index (χ2n) is 3.70. The van der Waals surface area contributed by atoms with Gasteiger partial charge in [-0.1, -0.05) is 18.2 Å². The van der Waals surface area contributed by atoms with E-state index in [1.165, 1.54) is 11.8 Å². The number of hydrogen-bond acceptors (Lipinski definition) is 5. The summed E-state index contributed by atoms with van der Waals surface area (Å²) in [5.41, 5.74) is 0.274. The summed E-state index contributed by atoms with van der Waals surface area (Å²) >= 11 is 1.31. The Balaban J connectivity index is 2.32. The minimum absolute atomic E-state index is 0.223. The second-order valence-corrected chi connectivity index (χ2v) is 4.86. The molecular weight excluding hydrogens is 250 g/mol. The Kier molecular flexibility index (Phi) is 6.60. The van der Waals surface area contributed by atoms with Crippen molar-refractivity contribution in [3.63, 3.8) is 0 Å². The fourth-order valence-electron chi connectivity index (χ4n) is 1.38. The predicted octanol–water partition coefficient (Wildman–Crippen LogP) is 2.09. The summed E-state index contributed by atoms with van der Waals surface area (Å²) in [6.45, 7) is 2.18. The van der Waals surface area contributed by atoms with Crippen LogP contribution in [0.3, 0.4) is 0 Å². The first-order valence-electron chi connectivity index (χ1n) is 5.88. The third kappa shape index (κ3) is 4.98. The molecule has 0 heterocycles. The van der Waals surface area contributed by atoms with E-state index < -0.39 is 5.56 Å². The van der Waals surface area contributed by atoms with Crippen molar-refractivity contribution in [1.29, 1.82) is 0 Å². The molecule has 0 aliphatic rings. The second kappa shape index (κ2) is 8.00. The van der Waals surface area contributed by atoms with Crippen LogP contribution in [0.25, 0.3) is 0 Å². The van der Waals surface area contributed by atoms with Crippen molar-refractivity contribution < 1.29 is 14.6 Å². The highest BCUT2D eigenvalue weighted by Crippen LogP contribution is 2.20. The van der Waals surface area contributed by atoms with E-state index in [-0.39, 0.29) is 5.97 Å². The Labute approximate surface area is 112 Å². The summed E-state index contributed by atoms with van der Waals surface area (Å²) in [4.78, 5) is 12.9. The molecule has 0 saturated carbocycles. The summed E-state index contributed by atoms with van der Waals surface area (Å²) in [6.07, 6.45) is 0.318. The standard InChI is InChI=1S/C13H19NO3S/c1-3-17-12(15)9-10-18-13(16)14(2)11-7-5-4-6-8-11/h4-8,13,16H,3,9-10H2,1-2H3. The van der Waals surface area contributed by atoms with Gasteiger partial charge in [-0.2, -0.15) is 0 Å². The number of aliphatic hydroxyl groups excluding tert-OH is 1. The molecule has 18 heavy (non-hydrogen) atoms. The summed E-state index contributed by atoms with van der Waals surface area (Å²) < 4.78 is 4.82. The van der Waals surface area contributed by atoms with E-state index in [9.17, 15) is 9.90 Å². The van der Waals surface area contributed by atoms with Crippen LogP contribution < -0.4 is 4.90 Å². The third-order valence-electron chi connectivity index (χ3n) is 2.37. The highest BCUT2D eigenvalue weighted by atomic mass is 32.2. The molecule has 0 spiro atoms. The lowest BCUT2D eigenvalue weighted by Gasteiger charge is -2.24. The Hall–Kier alpha value is -1.20. The van der Waals surface area contributed by atoms with E-state index in [0.29, 0.717) is 18.8 Å². The third-order valence-corrected chi connectivity index (χ3v) is 3.43. The van der Waals surface area contributed by atoms with Gasteiger partial charge in [0.05, 0.1) is 13.0 Å². The fourth-order valence-corrected chi connectivity index (χ4v) is 2.22. The highest BCUT2D eigenvalue weighted by Gasteiger charge is 2.12. The SMILES string of the molecule is CCOC(=O)CCSC(O)N(C)c1ccccc1.